The molecule has 0 saturated carbocycles. The fourth-order valence-electron chi connectivity index (χ4n) is 1.04. The molecule has 1 aromatic rings. The van der Waals surface area contributed by atoms with E-state index < -0.39 is 0 Å². The first-order chi connectivity index (χ1) is 6.74. The molecule has 0 aliphatic rings. The van der Waals surface area contributed by atoms with E-state index in [2.05, 4.69) is 17.2 Å². The van der Waals surface area contributed by atoms with Crippen LogP contribution in [0.2, 0.25) is 0 Å². The highest BCUT2D eigenvalue weighted by molar-refractivity contribution is 5.55. The Bertz CT molecular complexity index is 310. The summed E-state index contributed by atoms with van der Waals surface area (Å²) in [5.41, 5.74) is 0.760. The van der Waals surface area contributed by atoms with E-state index in [4.69, 9.17) is 0 Å². The lowest BCUT2D eigenvalue weighted by atomic mass is 10.2. The fourth-order valence-corrected chi connectivity index (χ4v) is 1.04. The van der Waals surface area contributed by atoms with Crippen LogP contribution in [0.5, 0.6) is 5.75 Å². The molecule has 1 aromatic heterocycles. The maximum atomic E-state index is 9.43. The van der Waals surface area contributed by atoms with Gasteiger partial charge in [0.1, 0.15) is 5.75 Å². The van der Waals surface area contributed by atoms with Gasteiger partial charge in [0, 0.05) is 24.0 Å². The normalized spacial score (nSPS) is 13.3. The lowest BCUT2D eigenvalue weighted by Gasteiger charge is -2.05. The lowest BCUT2D eigenvalue weighted by molar-refractivity contribution is 0.473. The molecule has 0 aliphatic heterocycles. The Morgan fingerprint density at radius 1 is 1.64 bits per heavy atom. The van der Waals surface area contributed by atoms with Crippen LogP contribution < -0.4 is 5.32 Å². The lowest BCUT2D eigenvalue weighted by Crippen LogP contribution is -2.19. The first-order valence-electron chi connectivity index (χ1n) is 4.71. The van der Waals surface area contributed by atoms with Crippen LogP contribution >= 0.6 is 0 Å². The van der Waals surface area contributed by atoms with Crippen LogP contribution in [-0.2, 0) is 0 Å². The molecule has 1 unspecified atom stereocenters. The van der Waals surface area contributed by atoms with Gasteiger partial charge in [-0.25, -0.2) is 0 Å². The van der Waals surface area contributed by atoms with Crippen LogP contribution in [0.15, 0.2) is 24.5 Å². The molecule has 76 valence electrons. The Kier molecular flexibility index (Phi) is 4.13. The molecule has 2 N–H and O–H groups in total. The predicted octanol–water partition coefficient (Wildman–Crippen LogP) is 1.80. The molecular formula is C11H16N2O. The monoisotopic (exact) mass is 192 g/mol. The van der Waals surface area contributed by atoms with Crippen LogP contribution in [0.4, 0.5) is 0 Å². The minimum Gasteiger partial charge on any atom is -0.507 e. The number of hydrogen-bond acceptors (Lipinski definition) is 3. The van der Waals surface area contributed by atoms with Crippen LogP contribution in [0.3, 0.4) is 0 Å². The maximum absolute atomic E-state index is 9.43. The SMILES string of the molecule is CNC(C)CC=Cc1cnccc1O. The Morgan fingerprint density at radius 3 is 3.07 bits per heavy atom. The maximum Gasteiger partial charge on any atom is 0.125 e. The molecule has 3 nitrogen and oxygen atoms in total. The van der Waals surface area contributed by atoms with Gasteiger partial charge in [-0.15, -0.1) is 0 Å². The summed E-state index contributed by atoms with van der Waals surface area (Å²) >= 11 is 0. The summed E-state index contributed by atoms with van der Waals surface area (Å²) in [6.07, 6.45) is 8.07. The van der Waals surface area contributed by atoms with Crippen molar-refractivity contribution in [2.75, 3.05) is 7.05 Å². The predicted molar refractivity (Wildman–Crippen MR) is 58.1 cm³/mol. The standard InChI is InChI=1S/C11H16N2O/c1-9(12-2)4-3-5-10-8-13-7-6-11(10)14/h3,5-9,12H,4H2,1-2H3,(H,13,14). The fraction of sp³-hybridized carbons (Fsp3) is 0.364. The quantitative estimate of drug-likeness (QED) is 0.764. The first-order valence-corrected chi connectivity index (χ1v) is 4.71. The molecule has 1 rings (SSSR count). The summed E-state index contributed by atoms with van der Waals surface area (Å²) in [4.78, 5) is 3.94. The molecular weight excluding hydrogens is 176 g/mol. The summed E-state index contributed by atoms with van der Waals surface area (Å²) in [6, 6.07) is 2.03. The number of aromatic hydroxyl groups is 1. The minimum atomic E-state index is 0.272. The third-order valence-electron chi connectivity index (χ3n) is 2.11. The van der Waals surface area contributed by atoms with Gasteiger partial charge in [0.15, 0.2) is 0 Å². The summed E-state index contributed by atoms with van der Waals surface area (Å²) in [7, 11) is 1.93. The molecule has 0 fully saturated rings. The molecule has 1 heterocycles. The Morgan fingerprint density at radius 2 is 2.43 bits per heavy atom. The van der Waals surface area contributed by atoms with Crippen molar-refractivity contribution in [3.63, 3.8) is 0 Å². The van der Waals surface area contributed by atoms with Gasteiger partial charge >= 0.3 is 0 Å². The number of nitrogens with zero attached hydrogens (tertiary/aromatic N) is 1. The van der Waals surface area contributed by atoms with E-state index in [9.17, 15) is 5.11 Å². The zero-order chi connectivity index (χ0) is 10.4. The van der Waals surface area contributed by atoms with Crippen molar-refractivity contribution >= 4 is 6.08 Å². The Labute approximate surface area is 84.5 Å². The highest BCUT2D eigenvalue weighted by Gasteiger charge is 1.96. The number of nitrogens with one attached hydrogen (secondary N) is 1. The Hall–Kier alpha value is -1.35. The van der Waals surface area contributed by atoms with Gasteiger partial charge in [0.25, 0.3) is 0 Å². The van der Waals surface area contributed by atoms with Crippen molar-refractivity contribution in [3.05, 3.63) is 30.1 Å². The van der Waals surface area contributed by atoms with Crippen LogP contribution in [-0.4, -0.2) is 23.2 Å². The highest BCUT2D eigenvalue weighted by Crippen LogP contribution is 2.15. The summed E-state index contributed by atoms with van der Waals surface area (Å²) in [6.45, 7) is 2.10. The van der Waals surface area contributed by atoms with Crippen molar-refractivity contribution in [2.24, 2.45) is 0 Å². The molecule has 0 radical (unpaired) electrons. The number of rotatable bonds is 4. The number of aromatic nitrogens is 1. The van der Waals surface area contributed by atoms with Crippen molar-refractivity contribution in [1.82, 2.24) is 10.3 Å². The van der Waals surface area contributed by atoms with Crippen molar-refractivity contribution in [1.29, 1.82) is 0 Å². The first kappa shape index (κ1) is 10.7. The summed E-state index contributed by atoms with van der Waals surface area (Å²) in [5.74, 6) is 0.272. The van der Waals surface area contributed by atoms with Gasteiger partial charge in [-0.2, -0.15) is 0 Å². The summed E-state index contributed by atoms with van der Waals surface area (Å²) in [5, 5.41) is 12.6. The topological polar surface area (TPSA) is 45.2 Å². The van der Waals surface area contributed by atoms with Gasteiger partial charge < -0.3 is 10.4 Å². The van der Waals surface area contributed by atoms with Crippen molar-refractivity contribution < 1.29 is 5.11 Å². The Balaban J connectivity index is 2.56. The minimum absolute atomic E-state index is 0.272. The molecule has 0 amide bonds. The van der Waals surface area contributed by atoms with Gasteiger partial charge in [0.05, 0.1) is 0 Å². The van der Waals surface area contributed by atoms with E-state index in [1.807, 2.05) is 19.2 Å². The zero-order valence-corrected chi connectivity index (χ0v) is 8.57. The average molecular weight is 192 g/mol. The van der Waals surface area contributed by atoms with Gasteiger partial charge in [0.2, 0.25) is 0 Å². The highest BCUT2D eigenvalue weighted by atomic mass is 16.3. The second-order valence-corrected chi connectivity index (χ2v) is 3.26. The molecule has 0 aliphatic carbocycles. The largest absolute Gasteiger partial charge is 0.507 e. The average Bonchev–Trinajstić information content (AvgIpc) is 2.20. The molecule has 14 heavy (non-hydrogen) atoms. The van der Waals surface area contributed by atoms with E-state index in [0.29, 0.717) is 6.04 Å². The molecule has 0 bridgehead atoms. The third kappa shape index (κ3) is 3.18. The van der Waals surface area contributed by atoms with Gasteiger partial charge in [-0.05, 0) is 26.5 Å². The molecule has 0 saturated heterocycles. The van der Waals surface area contributed by atoms with E-state index in [0.717, 1.165) is 12.0 Å². The van der Waals surface area contributed by atoms with Gasteiger partial charge in [-0.3, -0.25) is 4.98 Å². The zero-order valence-electron chi connectivity index (χ0n) is 8.57. The van der Waals surface area contributed by atoms with Crippen molar-refractivity contribution in [2.45, 2.75) is 19.4 Å². The number of pyridine rings is 1. The molecule has 1 atom stereocenters. The van der Waals surface area contributed by atoms with E-state index >= 15 is 0 Å². The third-order valence-corrected chi connectivity index (χ3v) is 2.11. The van der Waals surface area contributed by atoms with E-state index in [1.165, 1.54) is 0 Å². The second-order valence-electron chi connectivity index (χ2n) is 3.26. The smallest absolute Gasteiger partial charge is 0.125 e. The van der Waals surface area contributed by atoms with E-state index in [1.54, 1.807) is 18.5 Å². The molecule has 0 aromatic carbocycles. The summed E-state index contributed by atoms with van der Waals surface area (Å²) < 4.78 is 0. The molecule has 0 spiro atoms. The van der Waals surface area contributed by atoms with E-state index in [-0.39, 0.29) is 5.75 Å². The van der Waals surface area contributed by atoms with Crippen LogP contribution in [0.1, 0.15) is 18.9 Å². The second kappa shape index (κ2) is 5.40. The van der Waals surface area contributed by atoms with Gasteiger partial charge in [-0.1, -0.05) is 12.2 Å². The number of hydrogen-bond donors (Lipinski definition) is 2. The van der Waals surface area contributed by atoms with Crippen molar-refractivity contribution in [3.8, 4) is 5.75 Å². The van der Waals surface area contributed by atoms with Crippen LogP contribution in [0.25, 0.3) is 6.08 Å². The molecule has 3 heteroatoms. The van der Waals surface area contributed by atoms with Crippen LogP contribution in [0, 0.1) is 0 Å².